The summed E-state index contributed by atoms with van der Waals surface area (Å²) < 4.78 is 9.90. The van der Waals surface area contributed by atoms with Gasteiger partial charge in [0.05, 0.1) is 13.2 Å². The Labute approximate surface area is 106 Å². The lowest BCUT2D eigenvalue weighted by molar-refractivity contribution is -0.156. The van der Waals surface area contributed by atoms with Gasteiger partial charge < -0.3 is 9.47 Å². The summed E-state index contributed by atoms with van der Waals surface area (Å²) in [5.74, 6) is -1.83. The molecule has 1 aliphatic rings. The van der Waals surface area contributed by atoms with E-state index in [1.807, 2.05) is 30.3 Å². The van der Waals surface area contributed by atoms with Crippen LogP contribution >= 0.6 is 0 Å². The monoisotopic (exact) mass is 248 g/mol. The zero-order valence-corrected chi connectivity index (χ0v) is 10.3. The SMILES string of the molecule is CCOC(=O)C1C(=O)OC[C@@H]1Cc1ccccc1. The van der Waals surface area contributed by atoms with Gasteiger partial charge in [-0.3, -0.25) is 9.59 Å². The summed E-state index contributed by atoms with van der Waals surface area (Å²) in [5, 5.41) is 0. The fourth-order valence-corrected chi connectivity index (χ4v) is 2.18. The van der Waals surface area contributed by atoms with Gasteiger partial charge in [0.25, 0.3) is 0 Å². The van der Waals surface area contributed by atoms with Crippen molar-refractivity contribution in [1.29, 1.82) is 0 Å². The van der Waals surface area contributed by atoms with Crippen molar-refractivity contribution in [3.8, 4) is 0 Å². The van der Waals surface area contributed by atoms with Crippen molar-refractivity contribution in [1.82, 2.24) is 0 Å². The van der Waals surface area contributed by atoms with E-state index in [9.17, 15) is 9.59 Å². The number of cyclic esters (lactones) is 1. The topological polar surface area (TPSA) is 52.6 Å². The van der Waals surface area contributed by atoms with Crippen molar-refractivity contribution in [2.45, 2.75) is 13.3 Å². The van der Waals surface area contributed by atoms with Gasteiger partial charge in [-0.25, -0.2) is 0 Å². The van der Waals surface area contributed by atoms with Crippen molar-refractivity contribution in [3.05, 3.63) is 35.9 Å². The first-order valence-corrected chi connectivity index (χ1v) is 6.09. The number of esters is 2. The third-order valence-corrected chi connectivity index (χ3v) is 3.05. The molecule has 0 spiro atoms. The molecule has 1 saturated heterocycles. The van der Waals surface area contributed by atoms with E-state index in [2.05, 4.69) is 0 Å². The zero-order chi connectivity index (χ0) is 13.0. The predicted octanol–water partition coefficient (Wildman–Crippen LogP) is 1.58. The highest BCUT2D eigenvalue weighted by Gasteiger charge is 2.43. The molecule has 0 aromatic heterocycles. The van der Waals surface area contributed by atoms with E-state index in [1.54, 1.807) is 6.92 Å². The van der Waals surface area contributed by atoms with Crippen LogP contribution in [0.2, 0.25) is 0 Å². The first-order chi connectivity index (χ1) is 8.72. The van der Waals surface area contributed by atoms with Crippen LogP contribution in [0.4, 0.5) is 0 Å². The molecule has 2 atom stereocenters. The fourth-order valence-electron chi connectivity index (χ4n) is 2.18. The maximum atomic E-state index is 11.7. The molecule has 4 nitrogen and oxygen atoms in total. The Hall–Kier alpha value is -1.84. The highest BCUT2D eigenvalue weighted by molar-refractivity contribution is 5.96. The van der Waals surface area contributed by atoms with Crippen LogP contribution in [0.3, 0.4) is 0 Å². The highest BCUT2D eigenvalue weighted by atomic mass is 16.6. The third kappa shape index (κ3) is 2.70. The molecule has 18 heavy (non-hydrogen) atoms. The van der Waals surface area contributed by atoms with E-state index in [4.69, 9.17) is 9.47 Å². The molecule has 1 heterocycles. The lowest BCUT2D eigenvalue weighted by Gasteiger charge is -2.13. The average Bonchev–Trinajstić information content (AvgIpc) is 2.72. The molecule has 0 amide bonds. The van der Waals surface area contributed by atoms with Gasteiger partial charge >= 0.3 is 11.9 Å². The Morgan fingerprint density at radius 3 is 2.78 bits per heavy atom. The van der Waals surface area contributed by atoms with Crippen LogP contribution in [-0.2, 0) is 25.5 Å². The summed E-state index contributed by atoms with van der Waals surface area (Å²) >= 11 is 0. The summed E-state index contributed by atoms with van der Waals surface area (Å²) in [6.07, 6.45) is 0.649. The Kier molecular flexibility index (Phi) is 3.97. The molecule has 1 fully saturated rings. The number of carbonyl (C=O) groups excluding carboxylic acids is 2. The second kappa shape index (κ2) is 5.67. The van der Waals surface area contributed by atoms with Gasteiger partial charge in [-0.1, -0.05) is 30.3 Å². The van der Waals surface area contributed by atoms with Crippen molar-refractivity contribution in [2.24, 2.45) is 11.8 Å². The van der Waals surface area contributed by atoms with E-state index >= 15 is 0 Å². The quantitative estimate of drug-likeness (QED) is 0.599. The van der Waals surface area contributed by atoms with Crippen molar-refractivity contribution in [2.75, 3.05) is 13.2 Å². The van der Waals surface area contributed by atoms with Crippen molar-refractivity contribution < 1.29 is 19.1 Å². The molecule has 2 rings (SSSR count). The number of hydrogen-bond acceptors (Lipinski definition) is 4. The van der Waals surface area contributed by atoms with E-state index in [1.165, 1.54) is 0 Å². The van der Waals surface area contributed by atoms with E-state index < -0.39 is 17.9 Å². The maximum Gasteiger partial charge on any atom is 0.320 e. The Balaban J connectivity index is 2.07. The number of hydrogen-bond donors (Lipinski definition) is 0. The molecule has 0 radical (unpaired) electrons. The molecular formula is C14H16O4. The van der Waals surface area contributed by atoms with Crippen LogP contribution < -0.4 is 0 Å². The first kappa shape index (κ1) is 12.6. The van der Waals surface area contributed by atoms with Gasteiger partial charge in [-0.05, 0) is 18.9 Å². The predicted molar refractivity (Wildman–Crippen MR) is 64.7 cm³/mol. The minimum atomic E-state index is -0.773. The van der Waals surface area contributed by atoms with Gasteiger partial charge in [0.1, 0.15) is 0 Å². The Morgan fingerprint density at radius 1 is 1.39 bits per heavy atom. The summed E-state index contributed by atoms with van der Waals surface area (Å²) in [6.45, 7) is 2.29. The molecule has 1 aliphatic heterocycles. The lowest BCUT2D eigenvalue weighted by atomic mass is 9.89. The van der Waals surface area contributed by atoms with Crippen molar-refractivity contribution in [3.63, 3.8) is 0 Å². The molecule has 0 bridgehead atoms. The summed E-state index contributed by atoms with van der Waals surface area (Å²) in [4.78, 5) is 23.3. The summed E-state index contributed by atoms with van der Waals surface area (Å²) in [7, 11) is 0. The largest absolute Gasteiger partial charge is 0.465 e. The van der Waals surface area contributed by atoms with Crippen LogP contribution in [0.5, 0.6) is 0 Å². The number of carbonyl (C=O) groups is 2. The van der Waals surface area contributed by atoms with Gasteiger partial charge in [-0.2, -0.15) is 0 Å². The Morgan fingerprint density at radius 2 is 2.11 bits per heavy atom. The number of ether oxygens (including phenoxy) is 2. The standard InChI is InChI=1S/C14H16O4/c1-2-17-13(15)12-11(9-18-14(12)16)8-10-6-4-3-5-7-10/h3-7,11-12H,2,8-9H2,1H3/t11-,12?/m0/s1. The molecule has 96 valence electrons. The fraction of sp³-hybridized carbons (Fsp3) is 0.429. The van der Waals surface area contributed by atoms with Crippen LogP contribution in [0.1, 0.15) is 12.5 Å². The molecule has 0 N–H and O–H groups in total. The lowest BCUT2D eigenvalue weighted by Crippen LogP contribution is -2.28. The van der Waals surface area contributed by atoms with Crippen molar-refractivity contribution >= 4 is 11.9 Å². The molecule has 1 unspecified atom stereocenters. The van der Waals surface area contributed by atoms with E-state index in [-0.39, 0.29) is 19.1 Å². The Bertz CT molecular complexity index is 427. The highest BCUT2D eigenvalue weighted by Crippen LogP contribution is 2.27. The normalized spacial score (nSPS) is 22.6. The van der Waals surface area contributed by atoms with Gasteiger partial charge in [-0.15, -0.1) is 0 Å². The summed E-state index contributed by atoms with van der Waals surface area (Å²) in [5.41, 5.74) is 1.09. The molecule has 1 aromatic carbocycles. The maximum absolute atomic E-state index is 11.7. The van der Waals surface area contributed by atoms with Gasteiger partial charge in [0, 0.05) is 5.92 Å². The molecule has 0 aliphatic carbocycles. The minimum Gasteiger partial charge on any atom is -0.465 e. The molecule has 1 aromatic rings. The van der Waals surface area contributed by atoms with Crippen LogP contribution in [0, 0.1) is 11.8 Å². The number of benzene rings is 1. The van der Waals surface area contributed by atoms with Crippen LogP contribution in [-0.4, -0.2) is 25.2 Å². The van der Waals surface area contributed by atoms with Crippen LogP contribution in [0.25, 0.3) is 0 Å². The number of rotatable bonds is 4. The van der Waals surface area contributed by atoms with E-state index in [0.717, 1.165) is 5.56 Å². The third-order valence-electron chi connectivity index (χ3n) is 3.05. The summed E-state index contributed by atoms with van der Waals surface area (Å²) in [6, 6.07) is 9.76. The van der Waals surface area contributed by atoms with Crippen LogP contribution in [0.15, 0.2) is 30.3 Å². The van der Waals surface area contributed by atoms with Gasteiger partial charge in [0.15, 0.2) is 5.92 Å². The van der Waals surface area contributed by atoms with Gasteiger partial charge in [0.2, 0.25) is 0 Å². The molecule has 4 heteroatoms. The second-order valence-corrected chi connectivity index (χ2v) is 4.31. The van der Waals surface area contributed by atoms with E-state index in [0.29, 0.717) is 6.42 Å². The smallest absolute Gasteiger partial charge is 0.320 e. The first-order valence-electron chi connectivity index (χ1n) is 6.09. The minimum absolute atomic E-state index is 0.126. The zero-order valence-electron chi connectivity index (χ0n) is 10.3. The molecule has 0 saturated carbocycles. The second-order valence-electron chi connectivity index (χ2n) is 4.31. The molecular weight excluding hydrogens is 232 g/mol. The average molecular weight is 248 g/mol.